The van der Waals surface area contributed by atoms with Gasteiger partial charge in [0.15, 0.2) is 17.5 Å². The summed E-state index contributed by atoms with van der Waals surface area (Å²) in [5.41, 5.74) is 23.2. The van der Waals surface area contributed by atoms with Gasteiger partial charge in [0.25, 0.3) is 0 Å². The van der Waals surface area contributed by atoms with Gasteiger partial charge in [-0.2, -0.15) is 15.8 Å². The number of hydrogen-bond acceptors (Lipinski definition) is 6. The molecule has 3 aromatic heterocycles. The predicted molar refractivity (Wildman–Crippen MR) is 397 cm³/mol. The minimum Gasteiger partial charge on any atom is -0.309 e. The largest absolute Gasteiger partial charge is 0.309 e. The van der Waals surface area contributed by atoms with Gasteiger partial charge in [0.05, 0.1) is 57.0 Å². The maximum absolute atomic E-state index is 10.5. The molecule has 17 rings (SSSR count). The van der Waals surface area contributed by atoms with E-state index >= 15 is 0 Å². The van der Waals surface area contributed by atoms with Gasteiger partial charge in [0.1, 0.15) is 0 Å². The molecule has 0 N–H and O–H groups in total. The fourth-order valence-corrected chi connectivity index (χ4v) is 14.0. The lowest BCUT2D eigenvalue weighted by atomic mass is 9.95. The van der Waals surface area contributed by atoms with E-state index in [9.17, 15) is 15.8 Å². The second-order valence-corrected chi connectivity index (χ2v) is 24.5. The van der Waals surface area contributed by atoms with Gasteiger partial charge < -0.3 is 9.13 Å². The Morgan fingerprint density at radius 1 is 0.204 bits per heavy atom. The first kappa shape index (κ1) is 58.0. The molecule has 0 atom stereocenters. The van der Waals surface area contributed by atoms with Crippen LogP contribution in [0.5, 0.6) is 0 Å². The topological polar surface area (TPSA) is 120 Å². The Morgan fingerprint density at radius 2 is 0.480 bits per heavy atom. The zero-order valence-corrected chi connectivity index (χ0v) is 52.8. The molecule has 17 aromatic rings. The molecule has 0 aliphatic carbocycles. The Hall–Kier alpha value is -13.8. The van der Waals surface area contributed by atoms with E-state index in [0.29, 0.717) is 45.3 Å². The van der Waals surface area contributed by atoms with Crippen LogP contribution in [0.3, 0.4) is 0 Å². The first-order valence-electron chi connectivity index (χ1n) is 32.5. The number of rotatable bonds is 12. The van der Waals surface area contributed by atoms with E-state index in [-0.39, 0.29) is 0 Å². The lowest BCUT2D eigenvalue weighted by Crippen LogP contribution is -2.04. The summed E-state index contributed by atoms with van der Waals surface area (Å²) in [4.78, 5) is 17.0. The van der Waals surface area contributed by atoms with Crippen molar-refractivity contribution in [1.29, 1.82) is 15.8 Å². The molecule has 0 spiro atoms. The van der Waals surface area contributed by atoms with E-state index in [0.717, 1.165) is 138 Å². The molecule has 0 amide bonds. The third kappa shape index (κ3) is 10.5. The number of nitrogens with zero attached hydrogens (tertiary/aromatic N) is 8. The van der Waals surface area contributed by atoms with Crippen molar-refractivity contribution in [3.63, 3.8) is 0 Å². The monoisotopic (exact) mass is 1250 g/mol. The van der Waals surface area contributed by atoms with Crippen LogP contribution in [0, 0.1) is 34.0 Å². The summed E-state index contributed by atoms with van der Waals surface area (Å²) in [5.74, 6) is 1.15. The van der Waals surface area contributed by atoms with Crippen LogP contribution in [0.25, 0.3) is 167 Å². The molecule has 0 saturated heterocycles. The third-order valence-corrected chi connectivity index (χ3v) is 18.7. The lowest BCUT2D eigenvalue weighted by molar-refractivity contribution is 1.07. The van der Waals surface area contributed by atoms with Crippen LogP contribution in [-0.2, 0) is 0 Å². The summed E-state index contributed by atoms with van der Waals surface area (Å²) < 4.78 is 4.66. The van der Waals surface area contributed by atoms with Crippen molar-refractivity contribution >= 4 is 43.6 Å². The second-order valence-electron chi connectivity index (χ2n) is 24.5. The summed E-state index contributed by atoms with van der Waals surface area (Å²) in [6, 6.07) is 120. The van der Waals surface area contributed by atoms with Gasteiger partial charge >= 0.3 is 0 Å². The predicted octanol–water partition coefficient (Wildman–Crippen LogP) is 22.4. The molecule has 0 unspecified atom stereocenters. The van der Waals surface area contributed by atoms with Gasteiger partial charge in [0.2, 0.25) is 0 Å². The highest BCUT2D eigenvalue weighted by Gasteiger charge is 2.25. The number of nitriles is 3. The van der Waals surface area contributed by atoms with Gasteiger partial charge in [-0.3, -0.25) is 0 Å². The van der Waals surface area contributed by atoms with Crippen molar-refractivity contribution in [2.24, 2.45) is 0 Å². The zero-order valence-electron chi connectivity index (χ0n) is 52.8. The van der Waals surface area contributed by atoms with Crippen molar-refractivity contribution in [1.82, 2.24) is 24.1 Å². The zero-order chi connectivity index (χ0) is 65.6. The molecule has 0 bridgehead atoms. The van der Waals surface area contributed by atoms with Crippen molar-refractivity contribution in [2.45, 2.75) is 0 Å². The first-order valence-corrected chi connectivity index (χ1v) is 32.5. The molecule has 0 aliphatic heterocycles. The SMILES string of the molecule is N#Cc1cccc(-c2ccccc2-c2nc(-c3cc(-n4c5ccc(-c6ccccc6)cc5c5cc(-c6ccccc6)ccc54)ccc3-c3cccc(C#N)c3)nc(-c3cc(-n4c5ccc(-c6ccccc6)cc5c5cc(-c6ccccc6)ccc54)ccc3-c3cccc(C#N)c3)n2)c1. The summed E-state index contributed by atoms with van der Waals surface area (Å²) >= 11 is 0. The molecular weight excluding hydrogens is 1190 g/mol. The number of aromatic nitrogens is 5. The molecule has 8 heteroatoms. The molecule has 0 radical (unpaired) electrons. The Morgan fingerprint density at radius 3 is 0.796 bits per heavy atom. The van der Waals surface area contributed by atoms with Crippen LogP contribution in [0.15, 0.2) is 328 Å². The third-order valence-electron chi connectivity index (χ3n) is 18.7. The highest BCUT2D eigenvalue weighted by Crippen LogP contribution is 2.45. The minimum atomic E-state index is 0.379. The normalized spacial score (nSPS) is 11.2. The Kier molecular flexibility index (Phi) is 14.5. The fraction of sp³-hybridized carbons (Fsp3) is 0. The van der Waals surface area contributed by atoms with E-state index < -0.39 is 0 Å². The van der Waals surface area contributed by atoms with Crippen LogP contribution >= 0.6 is 0 Å². The van der Waals surface area contributed by atoms with E-state index in [4.69, 9.17) is 15.0 Å². The lowest BCUT2D eigenvalue weighted by Gasteiger charge is -2.18. The number of hydrogen-bond donors (Lipinski definition) is 0. The van der Waals surface area contributed by atoms with Crippen molar-refractivity contribution in [2.75, 3.05) is 0 Å². The molecule has 0 fully saturated rings. The molecule has 8 nitrogen and oxygen atoms in total. The van der Waals surface area contributed by atoms with E-state index in [1.165, 1.54) is 0 Å². The van der Waals surface area contributed by atoms with Gasteiger partial charge in [-0.05, 0) is 187 Å². The average Bonchev–Trinajstić information content (AvgIpc) is 1.55. The van der Waals surface area contributed by atoms with Crippen molar-refractivity contribution in [3.8, 4) is 142 Å². The van der Waals surface area contributed by atoms with Crippen LogP contribution in [-0.4, -0.2) is 24.1 Å². The van der Waals surface area contributed by atoms with E-state index in [1.807, 2.05) is 115 Å². The molecule has 14 aromatic carbocycles. The van der Waals surface area contributed by atoms with Crippen LogP contribution in [0.2, 0.25) is 0 Å². The van der Waals surface area contributed by atoms with Gasteiger partial charge in [-0.1, -0.05) is 218 Å². The van der Waals surface area contributed by atoms with Gasteiger partial charge in [-0.25, -0.2) is 15.0 Å². The van der Waals surface area contributed by atoms with Crippen molar-refractivity contribution < 1.29 is 0 Å². The highest BCUT2D eigenvalue weighted by molar-refractivity contribution is 6.13. The Bertz CT molecular complexity index is 5630. The molecule has 454 valence electrons. The van der Waals surface area contributed by atoms with Crippen LogP contribution in [0.4, 0.5) is 0 Å². The van der Waals surface area contributed by atoms with Gasteiger partial charge in [-0.15, -0.1) is 0 Å². The molecule has 0 saturated carbocycles. The Labute approximate surface area is 566 Å². The van der Waals surface area contributed by atoms with Crippen LogP contribution in [0.1, 0.15) is 16.7 Å². The highest BCUT2D eigenvalue weighted by atomic mass is 15.0. The maximum atomic E-state index is 10.5. The number of benzene rings is 14. The van der Waals surface area contributed by atoms with Crippen molar-refractivity contribution in [3.05, 3.63) is 344 Å². The summed E-state index contributed by atoms with van der Waals surface area (Å²) in [6.07, 6.45) is 0. The fourth-order valence-electron chi connectivity index (χ4n) is 14.0. The molecule has 3 heterocycles. The smallest absolute Gasteiger partial charge is 0.164 e. The summed E-state index contributed by atoms with van der Waals surface area (Å²) in [7, 11) is 0. The summed E-state index contributed by atoms with van der Waals surface area (Å²) in [6.45, 7) is 0. The maximum Gasteiger partial charge on any atom is 0.164 e. The standard InChI is InChI=1S/C90H54N8/c91-55-58-18-15-29-69(46-58)74-32-13-14-33-77(74)88-94-89(82-53-72(38-40-75(82)70-30-16-19-59(47-70)56-92)97-84-42-34-65(61-21-5-1-6-22-61)49-78(84)79-50-66(35-43-85(79)97)62-23-7-2-8-24-62)96-90(95-88)83-54-73(39-41-76(83)71-31-17-20-60(48-71)57-93)98-86-44-36-67(63-25-9-3-10-26-63)51-80(86)81-52-68(37-45-87(81)98)64-27-11-4-12-28-64/h1-54H. The quantitative estimate of drug-likeness (QED) is 0.120. The van der Waals surface area contributed by atoms with Crippen LogP contribution < -0.4 is 0 Å². The molecule has 98 heavy (non-hydrogen) atoms. The second kappa shape index (κ2) is 24.6. The Balaban J connectivity index is 0.949. The van der Waals surface area contributed by atoms with Gasteiger partial charge in [0, 0.05) is 49.6 Å². The molecule has 0 aliphatic rings. The first-order chi connectivity index (χ1) is 48.4. The average molecular weight is 1250 g/mol. The summed E-state index contributed by atoms with van der Waals surface area (Å²) in [5, 5.41) is 35.6. The number of fused-ring (bicyclic) bond motifs is 6. The minimum absolute atomic E-state index is 0.379. The molecular formula is C90H54N8. The van der Waals surface area contributed by atoms with E-state index in [1.54, 1.807) is 6.07 Å². The van der Waals surface area contributed by atoms with E-state index in [2.05, 4.69) is 234 Å².